The third-order valence-corrected chi connectivity index (χ3v) is 1.91. The van der Waals surface area contributed by atoms with Gasteiger partial charge in [-0.25, -0.2) is 4.79 Å². The quantitative estimate of drug-likeness (QED) is 0.639. The Morgan fingerprint density at radius 3 is 2.27 bits per heavy atom. The number of nitrogens with one attached hydrogen (secondary N) is 1. The standard InChI is InChI=1S/C10H19NO4/c1-6(2)5-8(12)9(13)11-7(3)10(14)15-4/h6-8,12H,5H2,1-4H3,(H,11,13)/t7-,8-/m1/s1. The highest BCUT2D eigenvalue weighted by Crippen LogP contribution is 2.04. The summed E-state index contributed by atoms with van der Waals surface area (Å²) >= 11 is 0. The summed E-state index contributed by atoms with van der Waals surface area (Å²) in [6.45, 7) is 5.31. The van der Waals surface area contributed by atoms with Gasteiger partial charge in [0.05, 0.1) is 7.11 Å². The molecule has 88 valence electrons. The number of aliphatic hydroxyl groups excluding tert-OH is 1. The van der Waals surface area contributed by atoms with E-state index < -0.39 is 24.0 Å². The summed E-state index contributed by atoms with van der Waals surface area (Å²) in [6, 6.07) is -0.732. The van der Waals surface area contributed by atoms with Crippen molar-refractivity contribution in [1.29, 1.82) is 0 Å². The Morgan fingerprint density at radius 2 is 1.87 bits per heavy atom. The van der Waals surface area contributed by atoms with E-state index in [1.165, 1.54) is 14.0 Å². The maximum atomic E-state index is 11.3. The molecule has 0 saturated carbocycles. The van der Waals surface area contributed by atoms with E-state index in [4.69, 9.17) is 0 Å². The summed E-state index contributed by atoms with van der Waals surface area (Å²) in [5.74, 6) is -0.846. The van der Waals surface area contributed by atoms with Gasteiger partial charge in [0.25, 0.3) is 0 Å². The van der Waals surface area contributed by atoms with Crippen molar-refractivity contribution >= 4 is 11.9 Å². The Balaban J connectivity index is 4.07. The molecule has 5 heteroatoms. The highest BCUT2D eigenvalue weighted by atomic mass is 16.5. The van der Waals surface area contributed by atoms with Gasteiger partial charge in [0.2, 0.25) is 5.91 Å². The second-order valence-corrected chi connectivity index (χ2v) is 3.90. The number of amides is 1. The summed E-state index contributed by atoms with van der Waals surface area (Å²) in [5.41, 5.74) is 0. The number of esters is 1. The first-order valence-corrected chi connectivity index (χ1v) is 4.94. The number of carbonyl (C=O) groups is 2. The SMILES string of the molecule is COC(=O)[C@@H](C)NC(=O)[C@H](O)CC(C)C. The molecule has 0 aliphatic carbocycles. The van der Waals surface area contributed by atoms with Gasteiger partial charge >= 0.3 is 5.97 Å². The molecule has 0 aromatic heterocycles. The van der Waals surface area contributed by atoms with Gasteiger partial charge in [0.15, 0.2) is 0 Å². The monoisotopic (exact) mass is 217 g/mol. The number of ether oxygens (including phenoxy) is 1. The van der Waals surface area contributed by atoms with E-state index in [2.05, 4.69) is 10.1 Å². The van der Waals surface area contributed by atoms with Crippen LogP contribution in [-0.2, 0) is 14.3 Å². The van der Waals surface area contributed by atoms with Gasteiger partial charge in [0, 0.05) is 0 Å². The van der Waals surface area contributed by atoms with E-state index in [1.54, 1.807) is 0 Å². The molecule has 0 radical (unpaired) electrons. The first-order chi connectivity index (χ1) is 6.88. The zero-order valence-corrected chi connectivity index (χ0v) is 9.61. The molecule has 0 fully saturated rings. The van der Waals surface area contributed by atoms with Crippen LogP contribution in [-0.4, -0.2) is 36.2 Å². The summed E-state index contributed by atoms with van der Waals surface area (Å²) < 4.78 is 4.44. The number of methoxy groups -OCH3 is 1. The van der Waals surface area contributed by atoms with Crippen molar-refractivity contribution in [1.82, 2.24) is 5.32 Å². The molecule has 5 nitrogen and oxygen atoms in total. The fourth-order valence-electron chi connectivity index (χ4n) is 1.10. The molecule has 0 rings (SSSR count). The van der Waals surface area contributed by atoms with E-state index in [0.717, 1.165) is 0 Å². The third-order valence-electron chi connectivity index (χ3n) is 1.91. The summed E-state index contributed by atoms with van der Waals surface area (Å²) in [4.78, 5) is 22.3. The molecule has 0 bridgehead atoms. The van der Waals surface area contributed by atoms with Gasteiger partial charge in [-0.15, -0.1) is 0 Å². The third kappa shape index (κ3) is 5.37. The van der Waals surface area contributed by atoms with Crippen LogP contribution < -0.4 is 5.32 Å². The number of hydrogen-bond acceptors (Lipinski definition) is 4. The lowest BCUT2D eigenvalue weighted by molar-refractivity contribution is -0.145. The highest BCUT2D eigenvalue weighted by Gasteiger charge is 2.21. The van der Waals surface area contributed by atoms with E-state index in [0.29, 0.717) is 6.42 Å². The Bertz CT molecular complexity index is 227. The maximum absolute atomic E-state index is 11.3. The average Bonchev–Trinajstić information content (AvgIpc) is 2.15. The zero-order chi connectivity index (χ0) is 12.0. The fourth-order valence-corrected chi connectivity index (χ4v) is 1.10. The lowest BCUT2D eigenvalue weighted by atomic mass is 10.1. The summed E-state index contributed by atoms with van der Waals surface area (Å²) in [5, 5.41) is 11.8. The lowest BCUT2D eigenvalue weighted by Crippen LogP contribution is -2.44. The Morgan fingerprint density at radius 1 is 1.33 bits per heavy atom. The zero-order valence-electron chi connectivity index (χ0n) is 9.61. The van der Waals surface area contributed by atoms with Crippen molar-refractivity contribution in [3.8, 4) is 0 Å². The Kier molecular flexibility index (Phi) is 5.93. The molecule has 0 spiro atoms. The van der Waals surface area contributed by atoms with E-state index in [1.807, 2.05) is 13.8 Å². The largest absolute Gasteiger partial charge is 0.467 e. The van der Waals surface area contributed by atoms with Crippen LogP contribution in [0.2, 0.25) is 0 Å². The minimum Gasteiger partial charge on any atom is -0.467 e. The summed E-state index contributed by atoms with van der Waals surface area (Å²) in [7, 11) is 1.25. The second kappa shape index (κ2) is 6.40. The molecular formula is C10H19NO4. The molecule has 0 heterocycles. The van der Waals surface area contributed by atoms with Gasteiger partial charge in [-0.05, 0) is 19.3 Å². The minimum absolute atomic E-state index is 0.221. The van der Waals surface area contributed by atoms with Crippen LogP contribution in [0.4, 0.5) is 0 Å². The summed E-state index contributed by atoms with van der Waals surface area (Å²) in [6.07, 6.45) is -0.697. The van der Waals surface area contributed by atoms with E-state index >= 15 is 0 Å². The van der Waals surface area contributed by atoms with Gasteiger partial charge in [-0.2, -0.15) is 0 Å². The van der Waals surface area contributed by atoms with Crippen molar-refractivity contribution in [2.45, 2.75) is 39.3 Å². The van der Waals surface area contributed by atoms with Crippen LogP contribution in [0.25, 0.3) is 0 Å². The van der Waals surface area contributed by atoms with Gasteiger partial charge in [0.1, 0.15) is 12.1 Å². The predicted molar refractivity (Wildman–Crippen MR) is 55.1 cm³/mol. The molecule has 0 unspecified atom stereocenters. The molecule has 2 N–H and O–H groups in total. The van der Waals surface area contributed by atoms with Crippen LogP contribution in [0.1, 0.15) is 27.2 Å². The van der Waals surface area contributed by atoms with E-state index in [-0.39, 0.29) is 5.92 Å². The van der Waals surface area contributed by atoms with Crippen molar-refractivity contribution in [3.63, 3.8) is 0 Å². The number of hydrogen-bond donors (Lipinski definition) is 2. The normalized spacial score (nSPS) is 14.5. The maximum Gasteiger partial charge on any atom is 0.328 e. The fraction of sp³-hybridized carbons (Fsp3) is 0.800. The average molecular weight is 217 g/mol. The number of aliphatic hydroxyl groups is 1. The number of rotatable bonds is 5. The minimum atomic E-state index is -1.07. The van der Waals surface area contributed by atoms with Crippen LogP contribution >= 0.6 is 0 Å². The molecule has 2 atom stereocenters. The first kappa shape index (κ1) is 13.9. The van der Waals surface area contributed by atoms with Crippen molar-refractivity contribution in [2.75, 3.05) is 7.11 Å². The Labute approximate surface area is 89.8 Å². The van der Waals surface area contributed by atoms with Gasteiger partial charge in [-0.3, -0.25) is 4.79 Å². The molecule has 0 saturated heterocycles. The smallest absolute Gasteiger partial charge is 0.328 e. The molecule has 0 aliphatic heterocycles. The van der Waals surface area contributed by atoms with Crippen molar-refractivity contribution < 1.29 is 19.4 Å². The lowest BCUT2D eigenvalue weighted by Gasteiger charge is -2.16. The number of carbonyl (C=O) groups excluding carboxylic acids is 2. The molecule has 0 aliphatic rings. The predicted octanol–water partition coefficient (Wildman–Crippen LogP) is 0.0711. The van der Waals surface area contributed by atoms with Gasteiger partial charge < -0.3 is 15.2 Å². The molecular weight excluding hydrogens is 198 g/mol. The van der Waals surface area contributed by atoms with Crippen molar-refractivity contribution in [2.24, 2.45) is 5.92 Å². The molecule has 0 aromatic rings. The highest BCUT2D eigenvalue weighted by molar-refractivity contribution is 5.86. The molecule has 0 aromatic carbocycles. The molecule has 1 amide bonds. The van der Waals surface area contributed by atoms with Crippen LogP contribution in [0.15, 0.2) is 0 Å². The van der Waals surface area contributed by atoms with Gasteiger partial charge in [-0.1, -0.05) is 13.8 Å². The molecule has 15 heavy (non-hydrogen) atoms. The van der Waals surface area contributed by atoms with Crippen LogP contribution in [0, 0.1) is 5.92 Å². The second-order valence-electron chi connectivity index (χ2n) is 3.90. The van der Waals surface area contributed by atoms with E-state index in [9.17, 15) is 14.7 Å². The Hall–Kier alpha value is -1.10. The van der Waals surface area contributed by atoms with Crippen LogP contribution in [0.3, 0.4) is 0 Å². The first-order valence-electron chi connectivity index (χ1n) is 4.94. The van der Waals surface area contributed by atoms with Crippen molar-refractivity contribution in [3.05, 3.63) is 0 Å². The van der Waals surface area contributed by atoms with Crippen LogP contribution in [0.5, 0.6) is 0 Å². The topological polar surface area (TPSA) is 75.6 Å².